The van der Waals surface area contributed by atoms with E-state index in [-0.39, 0.29) is 44.5 Å². The Bertz CT molecular complexity index is 587. The number of hydrogen-bond acceptors (Lipinski definition) is 15. The largest absolute Gasteiger partial charge is 3.00 e. The monoisotopic (exact) mass is 710 g/mol. The molecule has 0 saturated carbocycles. The minimum Gasteiger partial charge on any atom is -0.870 e. The maximum Gasteiger partial charge on any atom is 3.00 e. The molecule has 0 atom stereocenters. The molecule has 21 heteroatoms. The number of carbonyl (C=O) groups excluding carboxylic acids is 3. The van der Waals surface area contributed by atoms with E-state index in [1.165, 1.54) is 0 Å². The van der Waals surface area contributed by atoms with Crippen molar-refractivity contribution in [1.82, 2.24) is 19.6 Å². The van der Waals surface area contributed by atoms with E-state index >= 15 is 0 Å². The Morgan fingerprint density at radius 1 is 0.575 bits per heavy atom. The minimum atomic E-state index is -6.09. The van der Waals surface area contributed by atoms with Crippen LogP contribution in [0.3, 0.4) is 0 Å². The van der Waals surface area contributed by atoms with Gasteiger partial charge in [0.25, 0.3) is 0 Å². The number of nitrogens with zero attached hydrogens (tertiary/aromatic N) is 4. The van der Waals surface area contributed by atoms with E-state index in [9.17, 15) is 13.2 Å². The average molecular weight is 710 g/mol. The fourth-order valence-corrected chi connectivity index (χ4v) is 0.800. The van der Waals surface area contributed by atoms with Gasteiger partial charge in [-0.2, -0.15) is 13.2 Å². The molecule has 0 aliphatic heterocycles. The molecule has 0 unspecified atom stereocenters. The van der Waals surface area contributed by atoms with Crippen LogP contribution in [0.2, 0.25) is 0 Å². The van der Waals surface area contributed by atoms with Gasteiger partial charge in [0, 0.05) is 44.1 Å². The van der Waals surface area contributed by atoms with E-state index in [1.807, 2.05) is 0 Å². The van der Waals surface area contributed by atoms with Crippen molar-refractivity contribution < 1.29 is 100 Å². The fraction of sp³-hybridized carbons (Fsp3) is 0.842. The van der Waals surface area contributed by atoms with Gasteiger partial charge in [-0.3, -0.25) is 0 Å². The maximum absolute atomic E-state index is 10.7. The first-order valence-corrected chi connectivity index (χ1v) is 11.2. The van der Waals surface area contributed by atoms with Crippen LogP contribution in [0.1, 0.15) is 20.8 Å². The van der Waals surface area contributed by atoms with Gasteiger partial charge in [0.2, 0.25) is 0 Å². The molecular formula is C19H43Co2F3N4O11S. The van der Waals surface area contributed by atoms with Gasteiger partial charge in [0.1, 0.15) is 0 Å². The molecule has 0 radical (unpaired) electrons. The van der Waals surface area contributed by atoms with Crippen molar-refractivity contribution in [2.24, 2.45) is 0 Å². The summed E-state index contributed by atoms with van der Waals surface area (Å²) >= 11 is 0. The number of carbonyl (C=O) groups is 3. The third kappa shape index (κ3) is 148. The number of rotatable bonds is 6. The van der Waals surface area contributed by atoms with Crippen LogP contribution in [0.15, 0.2) is 0 Å². The van der Waals surface area contributed by atoms with Crippen molar-refractivity contribution in [3.63, 3.8) is 0 Å². The van der Waals surface area contributed by atoms with Crippen LogP contribution < -0.4 is 15.3 Å². The first-order valence-electron chi connectivity index (χ1n) is 9.84. The maximum atomic E-state index is 10.7. The first kappa shape index (κ1) is 66.9. The third-order valence-electron chi connectivity index (χ3n) is 2.27. The summed E-state index contributed by atoms with van der Waals surface area (Å²) in [6.45, 7) is 7.50. The van der Waals surface area contributed by atoms with Crippen molar-refractivity contribution in [3.8, 4) is 0 Å². The van der Waals surface area contributed by atoms with Crippen molar-refractivity contribution in [3.05, 3.63) is 0 Å². The molecule has 250 valence electrons. The van der Waals surface area contributed by atoms with Gasteiger partial charge >= 0.3 is 39.1 Å². The SMILES string of the molecule is CC(=O)[O-].CC(=O)[O-].CC(=O)[O-].CN(C)CCN(C)C.CN(C)CCN(C)C.O=S(=O)([O-])C(F)(F)F.[Co+3].[Co+3].[OH-].[OH-]. The van der Waals surface area contributed by atoms with Gasteiger partial charge in [-0.05, 0) is 77.2 Å². The molecule has 0 spiro atoms. The number of carboxylic acid groups (broad SMARTS) is 3. The summed E-state index contributed by atoms with van der Waals surface area (Å²) in [5.41, 5.74) is -5.65. The van der Waals surface area contributed by atoms with Crippen LogP contribution >= 0.6 is 0 Å². The second-order valence-electron chi connectivity index (χ2n) is 7.59. The predicted octanol–water partition coefficient (Wildman–Crippen LogP) is -3.82. The topological polar surface area (TPSA) is 251 Å². The van der Waals surface area contributed by atoms with Crippen LogP contribution in [-0.2, 0) is 58.1 Å². The molecule has 0 saturated heterocycles. The van der Waals surface area contributed by atoms with Crippen LogP contribution in [0.5, 0.6) is 0 Å². The summed E-state index contributed by atoms with van der Waals surface area (Å²) in [5, 5.41) is 26.7. The summed E-state index contributed by atoms with van der Waals surface area (Å²) in [6.07, 6.45) is 0. The molecule has 15 nitrogen and oxygen atoms in total. The third-order valence-corrected chi connectivity index (χ3v) is 2.84. The number of hydrogen-bond donors (Lipinski definition) is 0. The van der Waals surface area contributed by atoms with E-state index in [0.29, 0.717) is 0 Å². The molecule has 0 heterocycles. The standard InChI is InChI=1S/2C6H16N2.3C2H4O2.CHF3O3S.2Co.2H2O/c2*1-7(2)5-6-8(3)4;3*1-2(3)4;2-1(3,4)8(5,6)7;;;;/h2*5-6H2,1-4H3;3*1H3,(H,3,4);(H,5,6,7);;;2*1H2/q;;;;;;2*+3;;/p-6. The van der Waals surface area contributed by atoms with E-state index in [1.54, 1.807) is 0 Å². The first-order chi connectivity index (χ1) is 15.7. The minimum absolute atomic E-state index is 0. The van der Waals surface area contributed by atoms with Crippen LogP contribution in [0.4, 0.5) is 13.2 Å². The van der Waals surface area contributed by atoms with Crippen LogP contribution in [0.25, 0.3) is 0 Å². The Morgan fingerprint density at radius 3 is 0.675 bits per heavy atom. The molecule has 0 aromatic heterocycles. The fourth-order valence-electron chi connectivity index (χ4n) is 0.800. The number of alkyl halides is 3. The molecule has 0 bridgehead atoms. The Balaban J connectivity index is -0.0000000340. The number of carboxylic acids is 3. The molecule has 40 heavy (non-hydrogen) atoms. The summed E-state index contributed by atoms with van der Waals surface area (Å²) in [7, 11) is 10.6. The van der Waals surface area contributed by atoms with Crippen molar-refractivity contribution in [2.45, 2.75) is 26.3 Å². The van der Waals surface area contributed by atoms with Gasteiger partial charge in [-0.15, -0.1) is 0 Å². The average Bonchev–Trinajstić information content (AvgIpc) is 2.56. The molecular weight excluding hydrogens is 667 g/mol. The molecule has 0 aliphatic carbocycles. The van der Waals surface area contributed by atoms with Gasteiger partial charge in [-0.25, -0.2) is 8.42 Å². The second-order valence-corrected chi connectivity index (χ2v) is 8.96. The Morgan fingerprint density at radius 2 is 0.650 bits per heavy atom. The van der Waals surface area contributed by atoms with Crippen LogP contribution in [-0.4, -0.2) is 149 Å². The van der Waals surface area contributed by atoms with E-state index in [4.69, 9.17) is 42.7 Å². The normalized spacial score (nSPS) is 9.18. The Kier molecular flexibility index (Phi) is 66.9. The predicted molar refractivity (Wildman–Crippen MR) is 126 cm³/mol. The zero-order valence-electron chi connectivity index (χ0n) is 24.4. The number of likely N-dealkylation sites (N-methyl/N-ethyl adjacent to an activating group) is 4. The molecule has 0 rings (SSSR count). The van der Waals surface area contributed by atoms with Crippen molar-refractivity contribution in [1.29, 1.82) is 0 Å². The Hall–Kier alpha value is -1.12. The van der Waals surface area contributed by atoms with Gasteiger partial charge < -0.3 is 64.8 Å². The van der Waals surface area contributed by atoms with Crippen LogP contribution in [0, 0.1) is 0 Å². The number of aliphatic carboxylic acids is 3. The molecule has 0 fully saturated rings. The second kappa shape index (κ2) is 40.0. The molecule has 0 aromatic rings. The molecule has 0 amide bonds. The van der Waals surface area contributed by atoms with Crippen molar-refractivity contribution >= 4 is 28.0 Å². The zero-order chi connectivity index (χ0) is 30.9. The summed E-state index contributed by atoms with van der Waals surface area (Å²) in [5.74, 6) is -3.25. The Labute approximate surface area is 256 Å². The van der Waals surface area contributed by atoms with E-state index in [0.717, 1.165) is 47.0 Å². The number of halogens is 3. The quantitative estimate of drug-likeness (QED) is 0.189. The smallest absolute Gasteiger partial charge is 0.870 e. The summed E-state index contributed by atoms with van der Waals surface area (Å²) in [4.78, 5) is 35.4. The van der Waals surface area contributed by atoms with Gasteiger partial charge in [0.05, 0.1) is 0 Å². The van der Waals surface area contributed by atoms with E-state index < -0.39 is 33.5 Å². The summed E-state index contributed by atoms with van der Waals surface area (Å²) in [6, 6.07) is 0. The van der Waals surface area contributed by atoms with Gasteiger partial charge in [0.15, 0.2) is 10.1 Å². The molecule has 0 aromatic carbocycles. The zero-order valence-corrected chi connectivity index (χ0v) is 27.3. The molecule has 2 N–H and O–H groups in total. The van der Waals surface area contributed by atoms with Crippen molar-refractivity contribution in [2.75, 3.05) is 82.6 Å². The van der Waals surface area contributed by atoms with Gasteiger partial charge in [-0.1, -0.05) is 0 Å². The molecule has 0 aliphatic rings. The summed E-state index contributed by atoms with van der Waals surface area (Å²) < 4.78 is 58.9. The van der Waals surface area contributed by atoms with E-state index in [2.05, 4.69) is 76.0 Å².